The zero-order chi connectivity index (χ0) is 31.4. The van der Waals surface area contributed by atoms with Gasteiger partial charge >= 0.3 is 13.7 Å². The first-order valence-corrected chi connectivity index (χ1v) is 14.5. The molecule has 0 bridgehead atoms. The summed E-state index contributed by atoms with van der Waals surface area (Å²) in [6.07, 6.45) is -1.48. The Balaban J connectivity index is 1.73. The van der Waals surface area contributed by atoms with Crippen LogP contribution >= 0.6 is 7.75 Å². The van der Waals surface area contributed by atoms with Crippen molar-refractivity contribution in [3.8, 4) is 5.75 Å². The maximum atomic E-state index is 14.3. The number of rotatable bonds is 13. The van der Waals surface area contributed by atoms with Gasteiger partial charge in [0.05, 0.1) is 29.8 Å². The number of carbonyl (C=O) groups is 1. The molecule has 2 aromatic heterocycles. The Hall–Kier alpha value is -3.50. The lowest BCUT2D eigenvalue weighted by atomic mass is 10.2. The van der Waals surface area contributed by atoms with Gasteiger partial charge in [0.15, 0.2) is 5.82 Å². The number of nitrogens with zero attached hydrogens (tertiary/aromatic N) is 3. The summed E-state index contributed by atoms with van der Waals surface area (Å²) >= 11 is 0. The van der Waals surface area contributed by atoms with E-state index in [0.717, 1.165) is 5.39 Å². The van der Waals surface area contributed by atoms with Crippen molar-refractivity contribution in [2.45, 2.75) is 65.9 Å². The quantitative estimate of drug-likeness (QED) is 0.162. The molecule has 3 atom stereocenters. The van der Waals surface area contributed by atoms with Gasteiger partial charge in [-0.2, -0.15) is 5.09 Å². The number of hydrogen-bond donors (Lipinski definition) is 2. The standard InChI is InChI=1S/C28H36N5O6P/c1-6-36-17-24-31-25-26(22-14-10-11-15-23(22)30-27(25)29)33(24)16-19(4)38-40(35,39-21-12-8-7-9-13-21)32-20(5)28(34)37-18(2)3/h7-15,18-20H,6,16-17H2,1-5H3,(H2,29,30)(H,32,35)/t19-,20-,40-/m0/s1/i5D3. The van der Waals surface area contributed by atoms with E-state index in [-0.39, 0.29) is 24.7 Å². The smallest absolute Gasteiger partial charge is 0.459 e. The molecule has 4 rings (SSSR count). The Bertz CT molecular complexity index is 1620. The van der Waals surface area contributed by atoms with Crippen molar-refractivity contribution in [3.05, 3.63) is 60.4 Å². The molecule has 2 aromatic carbocycles. The molecule has 0 saturated heterocycles. The van der Waals surface area contributed by atoms with E-state index in [1.54, 1.807) is 39.0 Å². The number of nitrogen functional groups attached to an aromatic ring is 1. The summed E-state index contributed by atoms with van der Waals surface area (Å²) in [7, 11) is -4.53. The molecule has 0 fully saturated rings. The van der Waals surface area contributed by atoms with Crippen LogP contribution in [0.5, 0.6) is 5.75 Å². The number of pyridine rings is 1. The summed E-state index contributed by atoms with van der Waals surface area (Å²) in [5, 5.41) is 3.14. The third-order valence-electron chi connectivity index (χ3n) is 5.73. The zero-order valence-electron chi connectivity index (χ0n) is 25.9. The van der Waals surface area contributed by atoms with Gasteiger partial charge in [-0.25, -0.2) is 14.5 Å². The van der Waals surface area contributed by atoms with Crippen molar-refractivity contribution in [3.63, 3.8) is 0 Å². The van der Waals surface area contributed by atoms with Crippen LogP contribution in [0.1, 0.15) is 44.5 Å². The highest BCUT2D eigenvalue weighted by molar-refractivity contribution is 7.52. The van der Waals surface area contributed by atoms with E-state index in [1.807, 2.05) is 35.8 Å². The van der Waals surface area contributed by atoms with E-state index in [2.05, 4.69) is 10.1 Å². The van der Waals surface area contributed by atoms with Crippen LogP contribution in [-0.2, 0) is 36.5 Å². The number of esters is 1. The van der Waals surface area contributed by atoms with E-state index in [0.29, 0.717) is 29.0 Å². The highest BCUT2D eigenvalue weighted by Gasteiger charge is 2.35. The van der Waals surface area contributed by atoms with Gasteiger partial charge in [0, 0.05) is 16.1 Å². The molecule has 11 nitrogen and oxygen atoms in total. The van der Waals surface area contributed by atoms with Crippen molar-refractivity contribution in [1.29, 1.82) is 0 Å². The normalized spacial score (nSPS) is 16.2. The number of aromatic nitrogens is 3. The zero-order valence-corrected chi connectivity index (χ0v) is 23.8. The fraction of sp³-hybridized carbons (Fsp3) is 0.393. The third-order valence-corrected chi connectivity index (χ3v) is 7.39. The summed E-state index contributed by atoms with van der Waals surface area (Å²) in [6, 6.07) is 13.6. The molecule has 40 heavy (non-hydrogen) atoms. The molecule has 4 aromatic rings. The first-order chi connectivity index (χ1) is 20.3. The number of para-hydroxylation sites is 2. The van der Waals surface area contributed by atoms with E-state index in [9.17, 15) is 9.36 Å². The Morgan fingerprint density at radius 1 is 1.12 bits per heavy atom. The van der Waals surface area contributed by atoms with Crippen LogP contribution < -0.4 is 15.3 Å². The van der Waals surface area contributed by atoms with Crippen LogP contribution in [0.3, 0.4) is 0 Å². The fourth-order valence-electron chi connectivity index (χ4n) is 4.14. The predicted molar refractivity (Wildman–Crippen MR) is 154 cm³/mol. The van der Waals surface area contributed by atoms with Crippen molar-refractivity contribution in [1.82, 2.24) is 19.6 Å². The maximum absolute atomic E-state index is 14.3. The second-order valence-corrected chi connectivity index (χ2v) is 11.0. The Morgan fingerprint density at radius 2 is 1.85 bits per heavy atom. The number of ether oxygens (including phenoxy) is 2. The first kappa shape index (κ1) is 25.5. The summed E-state index contributed by atoms with van der Waals surface area (Å²) in [5.74, 6) is -0.202. The fourth-order valence-corrected chi connectivity index (χ4v) is 5.66. The largest absolute Gasteiger partial charge is 0.462 e. The summed E-state index contributed by atoms with van der Waals surface area (Å²) in [6.45, 7) is 4.42. The summed E-state index contributed by atoms with van der Waals surface area (Å²) in [5.41, 5.74) is 8.10. The molecule has 0 unspecified atom stereocenters. The molecule has 0 saturated carbocycles. The summed E-state index contributed by atoms with van der Waals surface area (Å²) < 4.78 is 62.4. The lowest BCUT2D eigenvalue weighted by Crippen LogP contribution is -2.37. The van der Waals surface area contributed by atoms with Gasteiger partial charge < -0.3 is 24.3 Å². The molecule has 0 amide bonds. The van der Waals surface area contributed by atoms with Gasteiger partial charge in [0.25, 0.3) is 0 Å². The van der Waals surface area contributed by atoms with Crippen LogP contribution in [0, 0.1) is 0 Å². The number of anilines is 1. The molecule has 0 radical (unpaired) electrons. The highest BCUT2D eigenvalue weighted by atomic mass is 31.2. The van der Waals surface area contributed by atoms with Gasteiger partial charge in [0.1, 0.15) is 29.7 Å². The van der Waals surface area contributed by atoms with Gasteiger partial charge in [-0.1, -0.05) is 36.4 Å². The molecular formula is C28H36N5O6P. The Kier molecular flexibility index (Phi) is 8.14. The van der Waals surface area contributed by atoms with Crippen LogP contribution in [0.4, 0.5) is 5.82 Å². The van der Waals surface area contributed by atoms with E-state index in [4.69, 9.17) is 33.4 Å². The molecule has 214 valence electrons. The molecule has 0 spiro atoms. The second kappa shape index (κ2) is 12.8. The minimum Gasteiger partial charge on any atom is -0.462 e. The van der Waals surface area contributed by atoms with E-state index in [1.165, 1.54) is 12.1 Å². The number of fused-ring (bicyclic) bond motifs is 3. The van der Waals surface area contributed by atoms with Crippen LogP contribution in [0.2, 0.25) is 0 Å². The van der Waals surface area contributed by atoms with Crippen molar-refractivity contribution in [2.75, 3.05) is 12.3 Å². The second-order valence-electron chi connectivity index (χ2n) is 9.35. The average Bonchev–Trinajstić information content (AvgIpc) is 3.28. The minimum absolute atomic E-state index is 0.0883. The summed E-state index contributed by atoms with van der Waals surface area (Å²) in [4.78, 5) is 22.0. The molecular weight excluding hydrogens is 533 g/mol. The molecule has 0 aliphatic rings. The van der Waals surface area contributed by atoms with Gasteiger partial charge in [-0.3, -0.25) is 9.32 Å². The highest BCUT2D eigenvalue weighted by Crippen LogP contribution is 2.46. The Morgan fingerprint density at radius 3 is 2.55 bits per heavy atom. The van der Waals surface area contributed by atoms with E-state index >= 15 is 0 Å². The predicted octanol–water partition coefficient (Wildman–Crippen LogP) is 5.23. The molecule has 12 heteroatoms. The number of carbonyl (C=O) groups excluding carboxylic acids is 1. The number of imidazole rings is 1. The molecule has 2 heterocycles. The number of benzene rings is 2. The van der Waals surface area contributed by atoms with Crippen LogP contribution in [-0.4, -0.2) is 45.4 Å². The Labute approximate surface area is 237 Å². The molecule has 0 aliphatic heterocycles. The van der Waals surface area contributed by atoms with Crippen molar-refractivity contribution in [2.24, 2.45) is 0 Å². The van der Waals surface area contributed by atoms with Crippen molar-refractivity contribution >= 4 is 41.5 Å². The van der Waals surface area contributed by atoms with Gasteiger partial charge in [0.2, 0.25) is 0 Å². The number of nitrogens with one attached hydrogen (secondary N) is 1. The van der Waals surface area contributed by atoms with E-state index < -0.39 is 38.8 Å². The SMILES string of the molecule is [2H]C([2H])([2H])[C@H](N[P@@](=O)(Oc1ccccc1)O[C@@H](C)Cn1c(COCC)nc2c(N)nc3ccccc3c21)C(=O)OC(C)C. The van der Waals surface area contributed by atoms with Crippen LogP contribution in [0.15, 0.2) is 54.6 Å². The molecule has 0 aliphatic carbocycles. The van der Waals surface area contributed by atoms with Gasteiger partial charge in [-0.05, 0) is 52.7 Å². The van der Waals surface area contributed by atoms with Crippen LogP contribution in [0.25, 0.3) is 21.9 Å². The third kappa shape index (κ3) is 6.98. The topological polar surface area (TPSA) is 140 Å². The lowest BCUT2D eigenvalue weighted by molar-refractivity contribution is -0.149. The van der Waals surface area contributed by atoms with Gasteiger partial charge in [-0.15, -0.1) is 0 Å². The number of hydrogen-bond acceptors (Lipinski definition) is 9. The average molecular weight is 573 g/mol. The lowest BCUT2D eigenvalue weighted by Gasteiger charge is -2.26. The monoisotopic (exact) mass is 572 g/mol. The maximum Gasteiger partial charge on any atom is 0.459 e. The van der Waals surface area contributed by atoms with Crippen molar-refractivity contribution < 1.29 is 32.0 Å². The first-order valence-electron chi connectivity index (χ1n) is 14.4. The number of nitrogens with two attached hydrogens (primary N) is 1. The molecule has 3 N–H and O–H groups in total. The minimum atomic E-state index is -4.53.